The van der Waals surface area contributed by atoms with Gasteiger partial charge in [-0.25, -0.2) is 13.1 Å². The molecule has 0 spiro atoms. The molecule has 0 bridgehead atoms. The monoisotopic (exact) mass is 273 g/mol. The summed E-state index contributed by atoms with van der Waals surface area (Å²) in [5.74, 6) is 0.708. The van der Waals surface area contributed by atoms with E-state index in [0.29, 0.717) is 25.4 Å². The predicted octanol–water partition coefficient (Wildman–Crippen LogP) is 0.344. The van der Waals surface area contributed by atoms with E-state index in [1.165, 1.54) is 29.9 Å². The summed E-state index contributed by atoms with van der Waals surface area (Å²) in [6.45, 7) is 1.09. The van der Waals surface area contributed by atoms with Crippen LogP contribution in [0.25, 0.3) is 0 Å². The standard InChI is InChI=1S/C11H19N3O3S/c15-7-1-6-14-9-11(8-12-14)18(16,17)13-5-4-10-2-3-10/h8-10,13,15H,1-7H2. The van der Waals surface area contributed by atoms with E-state index >= 15 is 0 Å². The van der Waals surface area contributed by atoms with Crippen LogP contribution in [-0.4, -0.2) is 36.5 Å². The van der Waals surface area contributed by atoms with Crippen molar-refractivity contribution in [2.75, 3.05) is 13.2 Å². The molecule has 0 amide bonds. The van der Waals surface area contributed by atoms with E-state index in [1.807, 2.05) is 0 Å². The molecule has 1 aromatic heterocycles. The van der Waals surface area contributed by atoms with Crippen LogP contribution >= 0.6 is 0 Å². The zero-order valence-corrected chi connectivity index (χ0v) is 11.1. The number of aromatic nitrogens is 2. The lowest BCUT2D eigenvalue weighted by atomic mass is 10.3. The molecule has 1 aliphatic rings. The summed E-state index contributed by atoms with van der Waals surface area (Å²) in [6, 6.07) is 0. The Morgan fingerprint density at radius 2 is 2.28 bits per heavy atom. The molecular formula is C11H19N3O3S. The molecule has 0 saturated heterocycles. The first kappa shape index (κ1) is 13.5. The molecule has 6 nitrogen and oxygen atoms in total. The Labute approximate surface area is 107 Å². The SMILES string of the molecule is O=S(=O)(NCCC1CC1)c1cnn(CCCO)c1. The van der Waals surface area contributed by atoms with Crippen molar-refractivity contribution < 1.29 is 13.5 Å². The van der Waals surface area contributed by atoms with Gasteiger partial charge in [0.05, 0.1) is 6.20 Å². The summed E-state index contributed by atoms with van der Waals surface area (Å²) in [4.78, 5) is 0.191. The number of aliphatic hydroxyl groups is 1. The molecule has 1 aliphatic carbocycles. The Kier molecular flexibility index (Phi) is 4.36. The van der Waals surface area contributed by atoms with Crippen molar-refractivity contribution >= 4 is 10.0 Å². The number of nitrogens with zero attached hydrogens (tertiary/aromatic N) is 2. The zero-order chi connectivity index (χ0) is 13.0. The maximum atomic E-state index is 11.9. The second-order valence-corrected chi connectivity index (χ2v) is 6.41. The van der Waals surface area contributed by atoms with Gasteiger partial charge in [-0.05, 0) is 18.8 Å². The topological polar surface area (TPSA) is 84.2 Å². The Balaban J connectivity index is 1.88. The second-order valence-electron chi connectivity index (χ2n) is 4.65. The normalized spacial score (nSPS) is 16.1. The van der Waals surface area contributed by atoms with Gasteiger partial charge < -0.3 is 5.11 Å². The van der Waals surface area contributed by atoms with Gasteiger partial charge in [0.15, 0.2) is 0 Å². The number of aryl methyl sites for hydroxylation is 1. The Morgan fingerprint density at radius 1 is 1.50 bits per heavy atom. The fourth-order valence-corrected chi connectivity index (χ4v) is 2.73. The molecule has 1 fully saturated rings. The Hall–Kier alpha value is -0.920. The minimum Gasteiger partial charge on any atom is -0.396 e. The molecule has 0 aliphatic heterocycles. The van der Waals surface area contributed by atoms with Gasteiger partial charge in [-0.1, -0.05) is 12.8 Å². The minimum absolute atomic E-state index is 0.0710. The highest BCUT2D eigenvalue weighted by molar-refractivity contribution is 7.89. The van der Waals surface area contributed by atoms with E-state index in [-0.39, 0.29) is 11.5 Å². The smallest absolute Gasteiger partial charge is 0.243 e. The van der Waals surface area contributed by atoms with E-state index in [2.05, 4.69) is 9.82 Å². The van der Waals surface area contributed by atoms with Gasteiger partial charge in [0.2, 0.25) is 10.0 Å². The van der Waals surface area contributed by atoms with Crippen molar-refractivity contribution in [3.05, 3.63) is 12.4 Å². The average Bonchev–Trinajstić information content (AvgIpc) is 3.02. The van der Waals surface area contributed by atoms with Crippen molar-refractivity contribution in [2.45, 2.75) is 37.1 Å². The molecule has 0 atom stereocenters. The van der Waals surface area contributed by atoms with E-state index in [1.54, 1.807) is 0 Å². The van der Waals surface area contributed by atoms with Crippen LogP contribution in [0.4, 0.5) is 0 Å². The number of nitrogens with one attached hydrogen (secondary N) is 1. The van der Waals surface area contributed by atoms with Crippen LogP contribution < -0.4 is 4.72 Å². The van der Waals surface area contributed by atoms with Gasteiger partial charge in [-0.2, -0.15) is 5.10 Å². The molecule has 1 aromatic rings. The highest BCUT2D eigenvalue weighted by Gasteiger charge is 2.22. The highest BCUT2D eigenvalue weighted by Crippen LogP contribution is 2.31. The van der Waals surface area contributed by atoms with Crippen LogP contribution in [-0.2, 0) is 16.6 Å². The molecule has 1 saturated carbocycles. The van der Waals surface area contributed by atoms with Gasteiger partial charge in [0, 0.05) is 25.9 Å². The number of sulfonamides is 1. The summed E-state index contributed by atoms with van der Waals surface area (Å²) in [7, 11) is -3.43. The maximum absolute atomic E-state index is 11.9. The highest BCUT2D eigenvalue weighted by atomic mass is 32.2. The Bertz CT molecular complexity index is 479. The van der Waals surface area contributed by atoms with Crippen molar-refractivity contribution in [2.24, 2.45) is 5.92 Å². The summed E-state index contributed by atoms with van der Waals surface area (Å²) < 4.78 is 27.9. The summed E-state index contributed by atoms with van der Waals surface area (Å²) in [5.41, 5.74) is 0. The third-order valence-corrected chi connectivity index (χ3v) is 4.42. The molecular weight excluding hydrogens is 254 g/mol. The van der Waals surface area contributed by atoms with Gasteiger partial charge in [0.1, 0.15) is 4.90 Å². The third kappa shape index (κ3) is 3.79. The van der Waals surface area contributed by atoms with E-state index in [0.717, 1.165) is 6.42 Å². The number of hydrogen-bond acceptors (Lipinski definition) is 4. The zero-order valence-electron chi connectivity index (χ0n) is 10.2. The van der Waals surface area contributed by atoms with E-state index < -0.39 is 10.0 Å². The molecule has 0 radical (unpaired) electrons. The Morgan fingerprint density at radius 3 is 2.94 bits per heavy atom. The fraction of sp³-hybridized carbons (Fsp3) is 0.727. The van der Waals surface area contributed by atoms with E-state index in [4.69, 9.17) is 5.11 Å². The van der Waals surface area contributed by atoms with Crippen LogP contribution in [0.5, 0.6) is 0 Å². The van der Waals surface area contributed by atoms with Crippen molar-refractivity contribution in [1.82, 2.24) is 14.5 Å². The lowest BCUT2D eigenvalue weighted by Gasteiger charge is -2.03. The molecule has 0 unspecified atom stereocenters. The number of hydrogen-bond donors (Lipinski definition) is 2. The van der Waals surface area contributed by atoms with Gasteiger partial charge in [-0.15, -0.1) is 0 Å². The van der Waals surface area contributed by atoms with Crippen LogP contribution in [0.3, 0.4) is 0 Å². The van der Waals surface area contributed by atoms with Gasteiger partial charge >= 0.3 is 0 Å². The number of aliphatic hydroxyl groups excluding tert-OH is 1. The summed E-state index contributed by atoms with van der Waals surface area (Å²) >= 11 is 0. The number of rotatable bonds is 8. The third-order valence-electron chi connectivity index (χ3n) is 3.01. The van der Waals surface area contributed by atoms with Gasteiger partial charge in [0.25, 0.3) is 0 Å². The van der Waals surface area contributed by atoms with Crippen molar-refractivity contribution in [1.29, 1.82) is 0 Å². The quantitative estimate of drug-likeness (QED) is 0.715. The second kappa shape index (κ2) is 5.81. The van der Waals surface area contributed by atoms with Crippen molar-refractivity contribution in [3.63, 3.8) is 0 Å². The first-order chi connectivity index (χ1) is 8.62. The summed E-state index contributed by atoms with van der Waals surface area (Å²) in [5, 5.41) is 12.7. The predicted molar refractivity (Wildman–Crippen MR) is 66.5 cm³/mol. The molecule has 1 heterocycles. The molecule has 0 aromatic carbocycles. The minimum atomic E-state index is -3.43. The van der Waals surface area contributed by atoms with Crippen LogP contribution in [0.15, 0.2) is 17.3 Å². The molecule has 18 heavy (non-hydrogen) atoms. The first-order valence-electron chi connectivity index (χ1n) is 6.25. The molecule has 102 valence electrons. The first-order valence-corrected chi connectivity index (χ1v) is 7.73. The van der Waals surface area contributed by atoms with Gasteiger partial charge in [-0.3, -0.25) is 4.68 Å². The average molecular weight is 273 g/mol. The lowest BCUT2D eigenvalue weighted by molar-refractivity contribution is 0.277. The van der Waals surface area contributed by atoms with Crippen molar-refractivity contribution in [3.8, 4) is 0 Å². The molecule has 7 heteroatoms. The van der Waals surface area contributed by atoms with Crippen LogP contribution in [0.1, 0.15) is 25.7 Å². The van der Waals surface area contributed by atoms with Crippen LogP contribution in [0.2, 0.25) is 0 Å². The molecule has 2 N–H and O–H groups in total. The fourth-order valence-electron chi connectivity index (χ4n) is 1.73. The lowest BCUT2D eigenvalue weighted by Crippen LogP contribution is -2.24. The largest absolute Gasteiger partial charge is 0.396 e. The van der Waals surface area contributed by atoms with Crippen LogP contribution in [0, 0.1) is 5.92 Å². The molecule has 2 rings (SSSR count). The van der Waals surface area contributed by atoms with E-state index in [9.17, 15) is 8.42 Å². The summed E-state index contributed by atoms with van der Waals surface area (Å²) in [6.07, 6.45) is 6.77. The maximum Gasteiger partial charge on any atom is 0.243 e.